The third kappa shape index (κ3) is 4.12. The van der Waals surface area contributed by atoms with Gasteiger partial charge >= 0.3 is 0 Å². The summed E-state index contributed by atoms with van der Waals surface area (Å²) in [6, 6.07) is 0. The van der Waals surface area contributed by atoms with E-state index in [1.807, 2.05) is 0 Å². The molecule has 0 aliphatic heterocycles. The van der Waals surface area contributed by atoms with Gasteiger partial charge in [0.1, 0.15) is 0 Å². The van der Waals surface area contributed by atoms with Crippen LogP contribution < -0.4 is 0 Å². The van der Waals surface area contributed by atoms with Gasteiger partial charge in [-0.15, -0.1) is 0 Å². The molecule has 1 fully saturated rings. The molecule has 1 nitrogen and oxygen atoms in total. The van der Waals surface area contributed by atoms with E-state index in [1.165, 1.54) is 38.5 Å². The van der Waals surface area contributed by atoms with Crippen molar-refractivity contribution in [3.8, 4) is 0 Å². The van der Waals surface area contributed by atoms with Crippen molar-refractivity contribution < 1.29 is 5.11 Å². The maximum atomic E-state index is 9.86. The van der Waals surface area contributed by atoms with Gasteiger partial charge in [-0.1, -0.05) is 39.5 Å². The van der Waals surface area contributed by atoms with E-state index in [1.54, 1.807) is 0 Å². The molecular formula is C12H24O. The lowest BCUT2D eigenvalue weighted by Gasteiger charge is -2.20. The number of hydrogen-bond donors (Lipinski definition) is 1. The first-order chi connectivity index (χ1) is 6.20. The standard InChI is InChI=1S/C12H24O/c1-10(2)8-9-11-6-4-3-5-7-12(11)13/h10-13H,3-9H2,1-2H3. The van der Waals surface area contributed by atoms with Crippen molar-refractivity contribution in [2.45, 2.75) is 64.9 Å². The molecule has 0 radical (unpaired) electrons. The minimum atomic E-state index is 0.00116. The molecule has 0 spiro atoms. The van der Waals surface area contributed by atoms with Gasteiger partial charge in [-0.05, 0) is 31.1 Å². The Kier molecular flexibility index (Phi) is 4.79. The highest BCUT2D eigenvalue weighted by molar-refractivity contribution is 4.73. The molecule has 0 amide bonds. The average molecular weight is 184 g/mol. The zero-order valence-corrected chi connectivity index (χ0v) is 9.13. The SMILES string of the molecule is CC(C)CCC1CCCCCC1O. The molecule has 0 aromatic carbocycles. The molecule has 0 aromatic rings. The van der Waals surface area contributed by atoms with Crippen LogP contribution in [0.2, 0.25) is 0 Å². The summed E-state index contributed by atoms with van der Waals surface area (Å²) in [5.74, 6) is 1.39. The first-order valence-corrected chi connectivity index (χ1v) is 5.88. The molecule has 1 rings (SSSR count). The molecule has 1 heteroatoms. The number of hydrogen-bond acceptors (Lipinski definition) is 1. The number of aliphatic hydroxyl groups is 1. The second-order valence-electron chi connectivity index (χ2n) is 4.94. The summed E-state index contributed by atoms with van der Waals surface area (Å²) in [4.78, 5) is 0. The van der Waals surface area contributed by atoms with Crippen LogP contribution in [0, 0.1) is 11.8 Å². The molecule has 13 heavy (non-hydrogen) atoms. The Hall–Kier alpha value is -0.0400. The van der Waals surface area contributed by atoms with Crippen LogP contribution in [0.4, 0.5) is 0 Å². The molecule has 78 valence electrons. The Balaban J connectivity index is 2.27. The van der Waals surface area contributed by atoms with E-state index in [2.05, 4.69) is 13.8 Å². The summed E-state index contributed by atoms with van der Waals surface area (Å²) in [5, 5.41) is 9.86. The highest BCUT2D eigenvalue weighted by Gasteiger charge is 2.21. The van der Waals surface area contributed by atoms with Gasteiger partial charge in [0, 0.05) is 0 Å². The molecule has 2 atom stereocenters. The van der Waals surface area contributed by atoms with Crippen LogP contribution in [-0.4, -0.2) is 11.2 Å². The molecule has 1 aliphatic rings. The molecule has 1 saturated carbocycles. The Morgan fingerprint density at radius 1 is 1.15 bits per heavy atom. The van der Waals surface area contributed by atoms with Gasteiger partial charge in [-0.25, -0.2) is 0 Å². The molecule has 2 unspecified atom stereocenters. The Bertz CT molecular complexity index is 131. The Labute approximate surface area is 82.5 Å². The van der Waals surface area contributed by atoms with E-state index in [9.17, 15) is 5.11 Å². The molecular weight excluding hydrogens is 160 g/mol. The van der Waals surface area contributed by atoms with Crippen LogP contribution in [0.5, 0.6) is 0 Å². The molecule has 0 saturated heterocycles. The highest BCUT2D eigenvalue weighted by Crippen LogP contribution is 2.28. The van der Waals surface area contributed by atoms with Crippen LogP contribution in [0.15, 0.2) is 0 Å². The monoisotopic (exact) mass is 184 g/mol. The fraction of sp³-hybridized carbons (Fsp3) is 1.00. The lowest BCUT2D eigenvalue weighted by Crippen LogP contribution is -2.19. The topological polar surface area (TPSA) is 20.2 Å². The summed E-state index contributed by atoms with van der Waals surface area (Å²) in [6.07, 6.45) is 8.72. The summed E-state index contributed by atoms with van der Waals surface area (Å²) < 4.78 is 0. The molecule has 0 aromatic heterocycles. The van der Waals surface area contributed by atoms with E-state index in [0.717, 1.165) is 12.3 Å². The van der Waals surface area contributed by atoms with Crippen molar-refractivity contribution in [2.75, 3.05) is 0 Å². The predicted octanol–water partition coefficient (Wildman–Crippen LogP) is 3.36. The van der Waals surface area contributed by atoms with E-state index in [0.29, 0.717) is 5.92 Å². The van der Waals surface area contributed by atoms with Crippen molar-refractivity contribution in [2.24, 2.45) is 11.8 Å². The first-order valence-electron chi connectivity index (χ1n) is 5.88. The molecule has 1 aliphatic carbocycles. The molecule has 1 N–H and O–H groups in total. The minimum absolute atomic E-state index is 0.00116. The normalized spacial score (nSPS) is 30.5. The van der Waals surface area contributed by atoms with E-state index < -0.39 is 0 Å². The van der Waals surface area contributed by atoms with Crippen molar-refractivity contribution >= 4 is 0 Å². The second-order valence-corrected chi connectivity index (χ2v) is 4.94. The van der Waals surface area contributed by atoms with Gasteiger partial charge in [0.15, 0.2) is 0 Å². The summed E-state index contributed by atoms with van der Waals surface area (Å²) >= 11 is 0. The van der Waals surface area contributed by atoms with Gasteiger partial charge in [-0.3, -0.25) is 0 Å². The van der Waals surface area contributed by atoms with E-state index in [4.69, 9.17) is 0 Å². The summed E-state index contributed by atoms with van der Waals surface area (Å²) in [5.41, 5.74) is 0. The van der Waals surface area contributed by atoms with Crippen molar-refractivity contribution in [3.63, 3.8) is 0 Å². The zero-order valence-electron chi connectivity index (χ0n) is 9.13. The maximum Gasteiger partial charge on any atom is 0.0568 e. The van der Waals surface area contributed by atoms with E-state index in [-0.39, 0.29) is 6.10 Å². The van der Waals surface area contributed by atoms with E-state index >= 15 is 0 Å². The minimum Gasteiger partial charge on any atom is -0.393 e. The molecule has 0 bridgehead atoms. The number of aliphatic hydroxyl groups excluding tert-OH is 1. The van der Waals surface area contributed by atoms with Gasteiger partial charge in [-0.2, -0.15) is 0 Å². The van der Waals surface area contributed by atoms with Crippen molar-refractivity contribution in [1.29, 1.82) is 0 Å². The lowest BCUT2D eigenvalue weighted by atomic mass is 9.90. The van der Waals surface area contributed by atoms with Gasteiger partial charge in [0.05, 0.1) is 6.10 Å². The third-order valence-corrected chi connectivity index (χ3v) is 3.23. The van der Waals surface area contributed by atoms with Crippen molar-refractivity contribution in [3.05, 3.63) is 0 Å². The third-order valence-electron chi connectivity index (χ3n) is 3.23. The second kappa shape index (κ2) is 5.64. The lowest BCUT2D eigenvalue weighted by molar-refractivity contribution is 0.0926. The highest BCUT2D eigenvalue weighted by atomic mass is 16.3. The first kappa shape index (κ1) is 11.0. The summed E-state index contributed by atoms with van der Waals surface area (Å²) in [7, 11) is 0. The predicted molar refractivity (Wildman–Crippen MR) is 56.7 cm³/mol. The van der Waals surface area contributed by atoms with Crippen LogP contribution in [0.3, 0.4) is 0 Å². The quantitative estimate of drug-likeness (QED) is 0.667. The smallest absolute Gasteiger partial charge is 0.0568 e. The van der Waals surface area contributed by atoms with Crippen LogP contribution >= 0.6 is 0 Å². The fourth-order valence-corrected chi connectivity index (χ4v) is 2.25. The van der Waals surface area contributed by atoms with Crippen molar-refractivity contribution in [1.82, 2.24) is 0 Å². The molecule has 0 heterocycles. The van der Waals surface area contributed by atoms with Crippen LogP contribution in [0.25, 0.3) is 0 Å². The van der Waals surface area contributed by atoms with Crippen LogP contribution in [-0.2, 0) is 0 Å². The van der Waals surface area contributed by atoms with Gasteiger partial charge < -0.3 is 5.11 Å². The fourth-order valence-electron chi connectivity index (χ4n) is 2.25. The largest absolute Gasteiger partial charge is 0.393 e. The van der Waals surface area contributed by atoms with Gasteiger partial charge in [0.2, 0.25) is 0 Å². The Morgan fingerprint density at radius 2 is 1.85 bits per heavy atom. The number of rotatable bonds is 3. The summed E-state index contributed by atoms with van der Waals surface area (Å²) in [6.45, 7) is 4.53. The zero-order chi connectivity index (χ0) is 9.68. The van der Waals surface area contributed by atoms with Gasteiger partial charge in [0.25, 0.3) is 0 Å². The average Bonchev–Trinajstić information content (AvgIpc) is 2.27. The maximum absolute atomic E-state index is 9.86. The van der Waals surface area contributed by atoms with Crippen LogP contribution in [0.1, 0.15) is 58.8 Å². The Morgan fingerprint density at radius 3 is 2.54 bits per heavy atom.